The molecule has 0 aliphatic carbocycles. The maximum Gasteiger partial charge on any atom is 0.250 e. The Kier molecular flexibility index (Phi) is 2.78. The number of aromatic nitrogens is 1. The summed E-state index contributed by atoms with van der Waals surface area (Å²) in [5, 5.41) is 3.30. The Labute approximate surface area is 94.0 Å². The fourth-order valence-electron chi connectivity index (χ4n) is 1.69. The lowest BCUT2D eigenvalue weighted by Gasteiger charge is -2.24. The van der Waals surface area contributed by atoms with Crippen LogP contribution >= 0.6 is 0 Å². The van der Waals surface area contributed by atoms with E-state index in [-0.39, 0.29) is 5.54 Å². The molecule has 1 atom stereocenters. The molecule has 16 heavy (non-hydrogen) atoms. The van der Waals surface area contributed by atoms with Crippen molar-refractivity contribution in [1.82, 2.24) is 4.98 Å². The predicted octanol–water partition coefficient (Wildman–Crippen LogP) is 0.771. The first-order valence-corrected chi connectivity index (χ1v) is 5.21. The highest BCUT2D eigenvalue weighted by Gasteiger charge is 2.29. The normalized spacial score (nSPS) is 24.3. The fourth-order valence-corrected chi connectivity index (χ4v) is 1.69. The minimum Gasteiger partial charge on any atom is -0.379 e. The van der Waals surface area contributed by atoms with Crippen molar-refractivity contribution in [2.75, 3.05) is 18.5 Å². The average molecular weight is 221 g/mol. The molecule has 1 saturated heterocycles. The van der Waals surface area contributed by atoms with Gasteiger partial charge in [-0.3, -0.25) is 4.79 Å². The van der Waals surface area contributed by atoms with Gasteiger partial charge in [-0.15, -0.1) is 0 Å². The van der Waals surface area contributed by atoms with E-state index in [2.05, 4.69) is 17.2 Å². The summed E-state index contributed by atoms with van der Waals surface area (Å²) in [5.41, 5.74) is 5.48. The van der Waals surface area contributed by atoms with Gasteiger partial charge in [0.15, 0.2) is 0 Å². The largest absolute Gasteiger partial charge is 0.379 e. The number of hydrogen-bond donors (Lipinski definition) is 2. The molecule has 5 nitrogen and oxygen atoms in total. The zero-order valence-electron chi connectivity index (χ0n) is 9.19. The summed E-state index contributed by atoms with van der Waals surface area (Å²) in [4.78, 5) is 15.0. The van der Waals surface area contributed by atoms with Crippen LogP contribution in [0.4, 0.5) is 5.82 Å². The Morgan fingerprint density at radius 2 is 2.44 bits per heavy atom. The first-order valence-electron chi connectivity index (χ1n) is 5.21. The molecule has 1 aliphatic heterocycles. The van der Waals surface area contributed by atoms with Gasteiger partial charge in [0, 0.05) is 12.8 Å². The van der Waals surface area contributed by atoms with E-state index in [0.717, 1.165) is 18.8 Å². The van der Waals surface area contributed by atoms with Crippen LogP contribution in [0.1, 0.15) is 23.7 Å². The molecular formula is C11H15N3O2. The smallest absolute Gasteiger partial charge is 0.250 e. The van der Waals surface area contributed by atoms with Gasteiger partial charge in [0.1, 0.15) is 5.82 Å². The summed E-state index contributed by atoms with van der Waals surface area (Å²) in [6.45, 7) is 3.53. The molecular weight excluding hydrogens is 206 g/mol. The lowest BCUT2D eigenvalue weighted by Crippen LogP contribution is -2.35. The second-order valence-electron chi connectivity index (χ2n) is 4.28. The number of carbonyl (C=O) groups excluding carboxylic acids is 1. The van der Waals surface area contributed by atoms with Crippen LogP contribution in [0.15, 0.2) is 18.3 Å². The van der Waals surface area contributed by atoms with Crippen molar-refractivity contribution >= 4 is 11.7 Å². The van der Waals surface area contributed by atoms with E-state index in [9.17, 15) is 4.79 Å². The van der Waals surface area contributed by atoms with Crippen LogP contribution in [-0.4, -0.2) is 29.6 Å². The number of rotatable bonds is 3. The monoisotopic (exact) mass is 221 g/mol. The number of anilines is 1. The van der Waals surface area contributed by atoms with Crippen LogP contribution in [0.2, 0.25) is 0 Å². The number of nitrogens with two attached hydrogens (primary N) is 1. The van der Waals surface area contributed by atoms with Gasteiger partial charge in [-0.25, -0.2) is 4.98 Å². The molecule has 1 aromatic rings. The second-order valence-corrected chi connectivity index (χ2v) is 4.28. The molecule has 0 radical (unpaired) electrons. The minimum atomic E-state index is -0.463. The molecule has 86 valence electrons. The highest BCUT2D eigenvalue weighted by molar-refractivity contribution is 5.92. The van der Waals surface area contributed by atoms with Crippen molar-refractivity contribution in [2.45, 2.75) is 18.9 Å². The second kappa shape index (κ2) is 4.09. The third-order valence-electron chi connectivity index (χ3n) is 2.70. The van der Waals surface area contributed by atoms with Crippen molar-refractivity contribution in [3.05, 3.63) is 23.9 Å². The Morgan fingerprint density at radius 3 is 2.94 bits per heavy atom. The van der Waals surface area contributed by atoms with Crippen molar-refractivity contribution in [1.29, 1.82) is 0 Å². The van der Waals surface area contributed by atoms with Crippen LogP contribution in [0.3, 0.4) is 0 Å². The van der Waals surface area contributed by atoms with Gasteiger partial charge in [0.05, 0.1) is 17.7 Å². The van der Waals surface area contributed by atoms with E-state index >= 15 is 0 Å². The van der Waals surface area contributed by atoms with Gasteiger partial charge in [0.25, 0.3) is 0 Å². The van der Waals surface area contributed by atoms with Crippen LogP contribution in [0, 0.1) is 0 Å². The lowest BCUT2D eigenvalue weighted by atomic mass is 10.0. The third kappa shape index (κ3) is 2.30. The summed E-state index contributed by atoms with van der Waals surface area (Å²) < 4.78 is 5.33. The maximum absolute atomic E-state index is 10.9. The molecule has 2 heterocycles. The van der Waals surface area contributed by atoms with Crippen molar-refractivity contribution in [3.8, 4) is 0 Å². The number of pyridine rings is 1. The molecule has 3 N–H and O–H groups in total. The SMILES string of the molecule is CC1(Nc2ccc(C(N)=O)cn2)CCOC1. The number of nitrogens with one attached hydrogen (secondary N) is 1. The number of hydrogen-bond acceptors (Lipinski definition) is 4. The molecule has 1 unspecified atom stereocenters. The summed E-state index contributed by atoms with van der Waals surface area (Å²) >= 11 is 0. The maximum atomic E-state index is 10.9. The molecule has 0 saturated carbocycles. The van der Waals surface area contributed by atoms with E-state index in [4.69, 9.17) is 10.5 Å². The molecule has 0 aromatic carbocycles. The zero-order valence-corrected chi connectivity index (χ0v) is 9.19. The summed E-state index contributed by atoms with van der Waals surface area (Å²) in [6.07, 6.45) is 2.43. The van der Waals surface area contributed by atoms with Gasteiger partial charge in [-0.2, -0.15) is 0 Å². The van der Waals surface area contributed by atoms with Gasteiger partial charge in [-0.1, -0.05) is 0 Å². The topological polar surface area (TPSA) is 77.2 Å². The minimum absolute atomic E-state index is 0.0682. The lowest BCUT2D eigenvalue weighted by molar-refractivity contribution is 0.1000. The number of primary amides is 1. The Morgan fingerprint density at radius 1 is 1.62 bits per heavy atom. The molecule has 1 fully saturated rings. The molecule has 1 amide bonds. The molecule has 5 heteroatoms. The zero-order chi connectivity index (χ0) is 11.6. The predicted molar refractivity (Wildman–Crippen MR) is 60.2 cm³/mol. The van der Waals surface area contributed by atoms with E-state index in [1.165, 1.54) is 6.20 Å². The molecule has 0 bridgehead atoms. The number of carbonyl (C=O) groups is 1. The van der Waals surface area contributed by atoms with Crippen LogP contribution < -0.4 is 11.1 Å². The number of amides is 1. The highest BCUT2D eigenvalue weighted by atomic mass is 16.5. The summed E-state index contributed by atoms with van der Waals surface area (Å²) in [5.74, 6) is 0.271. The van der Waals surface area contributed by atoms with Crippen molar-refractivity contribution in [2.24, 2.45) is 5.73 Å². The molecule has 1 aromatic heterocycles. The Balaban J connectivity index is 2.07. The van der Waals surface area contributed by atoms with Gasteiger partial charge >= 0.3 is 0 Å². The third-order valence-corrected chi connectivity index (χ3v) is 2.70. The molecule has 1 aliphatic rings. The highest BCUT2D eigenvalue weighted by Crippen LogP contribution is 2.22. The number of nitrogens with zero attached hydrogens (tertiary/aromatic N) is 1. The van der Waals surface area contributed by atoms with Gasteiger partial charge in [-0.05, 0) is 25.5 Å². The first kappa shape index (κ1) is 10.9. The van der Waals surface area contributed by atoms with E-state index in [0.29, 0.717) is 12.2 Å². The summed E-state index contributed by atoms with van der Waals surface area (Å²) in [6, 6.07) is 3.42. The van der Waals surface area contributed by atoms with E-state index < -0.39 is 5.91 Å². The molecule has 0 spiro atoms. The number of ether oxygens (including phenoxy) is 1. The fraction of sp³-hybridized carbons (Fsp3) is 0.455. The van der Waals surface area contributed by atoms with Gasteiger partial charge < -0.3 is 15.8 Å². The van der Waals surface area contributed by atoms with Crippen molar-refractivity contribution < 1.29 is 9.53 Å². The molecule has 2 rings (SSSR count). The standard InChI is InChI=1S/C11H15N3O2/c1-11(4-5-16-7-11)14-9-3-2-8(6-13-9)10(12)15/h2-3,6H,4-5,7H2,1H3,(H2,12,15)(H,13,14). The Bertz CT molecular complexity index is 383. The van der Waals surface area contributed by atoms with Crippen molar-refractivity contribution in [3.63, 3.8) is 0 Å². The quantitative estimate of drug-likeness (QED) is 0.790. The van der Waals surface area contributed by atoms with Gasteiger partial charge in [0.2, 0.25) is 5.91 Å². The Hall–Kier alpha value is -1.62. The van der Waals surface area contributed by atoms with Crippen LogP contribution in [0.5, 0.6) is 0 Å². The van der Waals surface area contributed by atoms with Crippen LogP contribution in [0.25, 0.3) is 0 Å². The van der Waals surface area contributed by atoms with E-state index in [1.807, 2.05) is 0 Å². The first-order chi connectivity index (χ1) is 7.59. The van der Waals surface area contributed by atoms with E-state index in [1.54, 1.807) is 12.1 Å². The average Bonchev–Trinajstić information content (AvgIpc) is 2.65. The summed E-state index contributed by atoms with van der Waals surface area (Å²) in [7, 11) is 0. The van der Waals surface area contributed by atoms with Crippen LogP contribution in [-0.2, 0) is 4.74 Å².